The molecule has 0 aliphatic heterocycles. The molecule has 1 atom stereocenters. The first-order chi connectivity index (χ1) is 10.8. The third-order valence-electron chi connectivity index (χ3n) is 4.02. The van der Waals surface area contributed by atoms with E-state index in [0.717, 1.165) is 12.8 Å². The van der Waals surface area contributed by atoms with E-state index in [2.05, 4.69) is 6.07 Å². The molecule has 1 amide bonds. The van der Waals surface area contributed by atoms with Gasteiger partial charge in [0.05, 0.1) is 0 Å². The molecule has 0 aromatic heterocycles. The number of carbonyl (C=O) groups excluding carboxylic acids is 1. The van der Waals surface area contributed by atoms with Gasteiger partial charge in [0.2, 0.25) is 6.10 Å². The van der Waals surface area contributed by atoms with Gasteiger partial charge in [0, 0.05) is 5.56 Å². The van der Waals surface area contributed by atoms with Crippen LogP contribution < -0.4 is 10.2 Å². The number of ether oxygens (including phenoxy) is 1. The summed E-state index contributed by atoms with van der Waals surface area (Å²) in [5, 5.41) is 8.96. The number of aryl methyl sites for hydroxylation is 2. The third-order valence-corrected chi connectivity index (χ3v) is 4.02. The molecule has 2 aromatic rings. The van der Waals surface area contributed by atoms with E-state index in [1.54, 1.807) is 17.6 Å². The van der Waals surface area contributed by atoms with Crippen molar-refractivity contribution in [1.29, 1.82) is 0 Å². The van der Waals surface area contributed by atoms with Crippen molar-refractivity contribution in [2.45, 2.75) is 31.8 Å². The number of carbonyl (C=O) groups is 1. The first-order valence-corrected chi connectivity index (χ1v) is 7.55. The maximum absolute atomic E-state index is 11.9. The van der Waals surface area contributed by atoms with Gasteiger partial charge in [-0.25, -0.2) is 5.48 Å². The second-order valence-electron chi connectivity index (χ2n) is 5.52. The number of amides is 1. The Morgan fingerprint density at radius 2 is 1.77 bits per heavy atom. The number of rotatable bonds is 4. The molecule has 0 radical (unpaired) electrons. The van der Waals surface area contributed by atoms with E-state index >= 15 is 0 Å². The zero-order chi connectivity index (χ0) is 15.4. The predicted octanol–water partition coefficient (Wildman–Crippen LogP) is 3.19. The van der Waals surface area contributed by atoms with Crippen LogP contribution in [0, 0.1) is 0 Å². The zero-order valence-corrected chi connectivity index (χ0v) is 12.3. The highest BCUT2D eigenvalue weighted by atomic mass is 16.5. The fourth-order valence-electron chi connectivity index (χ4n) is 2.88. The molecule has 22 heavy (non-hydrogen) atoms. The maximum atomic E-state index is 11.9. The van der Waals surface area contributed by atoms with Gasteiger partial charge in [-0.05, 0) is 48.9 Å². The van der Waals surface area contributed by atoms with Gasteiger partial charge in [0.25, 0.3) is 5.91 Å². The minimum Gasteiger partial charge on any atom is -0.476 e. The van der Waals surface area contributed by atoms with Crippen LogP contribution in [-0.4, -0.2) is 11.1 Å². The molecule has 114 valence electrons. The molecular formula is C18H19NO3. The zero-order valence-electron chi connectivity index (χ0n) is 12.3. The molecule has 4 nitrogen and oxygen atoms in total. The summed E-state index contributed by atoms with van der Waals surface area (Å²) in [5.74, 6) is 0.0713. The van der Waals surface area contributed by atoms with Gasteiger partial charge in [0.1, 0.15) is 5.75 Å². The standard InChI is InChI=1S/C18H19NO3/c20-18(19-21)17(14-7-2-1-3-8-14)22-16-11-10-13-6-4-5-9-15(13)12-16/h1-3,7-8,10-12,17,21H,4-6,9H2,(H,19,20)/t17-/m0/s1. The summed E-state index contributed by atoms with van der Waals surface area (Å²) in [4.78, 5) is 11.9. The molecule has 2 N–H and O–H groups in total. The fraction of sp³-hybridized carbons (Fsp3) is 0.278. The smallest absolute Gasteiger partial charge is 0.289 e. The van der Waals surface area contributed by atoms with E-state index in [1.807, 2.05) is 30.3 Å². The summed E-state index contributed by atoms with van der Waals surface area (Å²) in [5.41, 5.74) is 5.04. The van der Waals surface area contributed by atoms with Gasteiger partial charge in [-0.1, -0.05) is 36.4 Å². The van der Waals surface area contributed by atoms with Crippen molar-refractivity contribution in [2.24, 2.45) is 0 Å². The van der Waals surface area contributed by atoms with Crippen molar-refractivity contribution >= 4 is 5.91 Å². The van der Waals surface area contributed by atoms with Crippen molar-refractivity contribution in [3.05, 3.63) is 65.2 Å². The lowest BCUT2D eigenvalue weighted by molar-refractivity contribution is -0.136. The largest absolute Gasteiger partial charge is 0.476 e. The van der Waals surface area contributed by atoms with Crippen LogP contribution in [0.5, 0.6) is 5.75 Å². The Morgan fingerprint density at radius 1 is 1.05 bits per heavy atom. The monoisotopic (exact) mass is 297 g/mol. The molecule has 0 fully saturated rings. The topological polar surface area (TPSA) is 58.6 Å². The van der Waals surface area contributed by atoms with Crippen molar-refractivity contribution < 1.29 is 14.7 Å². The van der Waals surface area contributed by atoms with Crippen LogP contribution in [0.15, 0.2) is 48.5 Å². The van der Waals surface area contributed by atoms with Crippen LogP contribution in [-0.2, 0) is 17.6 Å². The first-order valence-electron chi connectivity index (χ1n) is 7.55. The molecular weight excluding hydrogens is 278 g/mol. The first kappa shape index (κ1) is 14.6. The summed E-state index contributed by atoms with van der Waals surface area (Å²) < 4.78 is 5.85. The minimum absolute atomic E-state index is 0.580. The van der Waals surface area contributed by atoms with Crippen LogP contribution in [0.2, 0.25) is 0 Å². The van der Waals surface area contributed by atoms with Crippen molar-refractivity contribution in [3.8, 4) is 5.75 Å². The van der Waals surface area contributed by atoms with Crippen LogP contribution in [0.3, 0.4) is 0 Å². The van der Waals surface area contributed by atoms with E-state index in [0.29, 0.717) is 11.3 Å². The Balaban J connectivity index is 1.86. The number of hydroxylamine groups is 1. The highest BCUT2D eigenvalue weighted by Crippen LogP contribution is 2.28. The third kappa shape index (κ3) is 3.12. The van der Waals surface area contributed by atoms with Gasteiger partial charge in [-0.15, -0.1) is 0 Å². The van der Waals surface area contributed by atoms with Crippen LogP contribution in [0.1, 0.15) is 35.6 Å². The lowest BCUT2D eigenvalue weighted by Gasteiger charge is -2.20. The molecule has 4 heteroatoms. The highest BCUT2D eigenvalue weighted by molar-refractivity contribution is 5.81. The molecule has 2 aromatic carbocycles. The van der Waals surface area contributed by atoms with Crippen molar-refractivity contribution in [2.75, 3.05) is 0 Å². The molecule has 0 saturated carbocycles. The van der Waals surface area contributed by atoms with E-state index in [9.17, 15) is 4.79 Å². The Morgan fingerprint density at radius 3 is 2.50 bits per heavy atom. The molecule has 1 aliphatic rings. The van der Waals surface area contributed by atoms with Gasteiger partial charge in [-0.3, -0.25) is 10.0 Å². The maximum Gasteiger partial charge on any atom is 0.289 e. The summed E-state index contributed by atoms with van der Waals surface area (Å²) in [6.07, 6.45) is 3.71. The van der Waals surface area contributed by atoms with Gasteiger partial charge in [-0.2, -0.15) is 0 Å². The van der Waals surface area contributed by atoms with E-state index in [4.69, 9.17) is 9.94 Å². The quantitative estimate of drug-likeness (QED) is 0.673. The summed E-state index contributed by atoms with van der Waals surface area (Å²) in [7, 11) is 0. The number of fused-ring (bicyclic) bond motifs is 1. The fourth-order valence-corrected chi connectivity index (χ4v) is 2.88. The molecule has 0 spiro atoms. The minimum atomic E-state index is -0.868. The van der Waals surface area contributed by atoms with Gasteiger partial charge < -0.3 is 4.74 Å². The highest BCUT2D eigenvalue weighted by Gasteiger charge is 2.22. The Labute approximate surface area is 129 Å². The van der Waals surface area contributed by atoms with Crippen LogP contribution in [0.4, 0.5) is 0 Å². The molecule has 1 aliphatic carbocycles. The van der Waals surface area contributed by atoms with E-state index in [1.165, 1.54) is 24.0 Å². The van der Waals surface area contributed by atoms with Crippen LogP contribution in [0.25, 0.3) is 0 Å². The number of nitrogens with one attached hydrogen (secondary N) is 1. The summed E-state index contributed by atoms with van der Waals surface area (Å²) in [6.45, 7) is 0. The molecule has 0 bridgehead atoms. The average Bonchev–Trinajstić information content (AvgIpc) is 2.59. The number of hydrogen-bond donors (Lipinski definition) is 2. The molecule has 3 rings (SSSR count). The van der Waals surface area contributed by atoms with E-state index < -0.39 is 12.0 Å². The van der Waals surface area contributed by atoms with Gasteiger partial charge in [0.15, 0.2) is 0 Å². The Hall–Kier alpha value is -2.33. The normalized spacial score (nSPS) is 14.8. The Kier molecular flexibility index (Phi) is 4.39. The summed E-state index contributed by atoms with van der Waals surface area (Å²) >= 11 is 0. The number of hydrogen-bond acceptors (Lipinski definition) is 3. The lowest BCUT2D eigenvalue weighted by atomic mass is 9.92. The molecule has 0 unspecified atom stereocenters. The summed E-state index contributed by atoms with van der Waals surface area (Å²) in [6, 6.07) is 15.1. The molecule has 0 saturated heterocycles. The lowest BCUT2D eigenvalue weighted by Crippen LogP contribution is -2.30. The van der Waals surface area contributed by atoms with E-state index in [-0.39, 0.29) is 0 Å². The number of benzene rings is 2. The predicted molar refractivity (Wildman–Crippen MR) is 82.8 cm³/mol. The second kappa shape index (κ2) is 6.62. The SMILES string of the molecule is O=C(NO)[C@@H](Oc1ccc2c(c1)CCCC2)c1ccccc1. The second-order valence-corrected chi connectivity index (χ2v) is 5.52. The Bertz CT molecular complexity index is 655. The molecule has 0 heterocycles. The average molecular weight is 297 g/mol. The van der Waals surface area contributed by atoms with Crippen molar-refractivity contribution in [3.63, 3.8) is 0 Å². The van der Waals surface area contributed by atoms with Crippen molar-refractivity contribution in [1.82, 2.24) is 5.48 Å². The van der Waals surface area contributed by atoms with Gasteiger partial charge >= 0.3 is 0 Å². The van der Waals surface area contributed by atoms with Crippen LogP contribution >= 0.6 is 0 Å².